The summed E-state index contributed by atoms with van der Waals surface area (Å²) in [5.41, 5.74) is 2.69. The van der Waals surface area contributed by atoms with Crippen LogP contribution in [0.1, 0.15) is 39.7 Å². The highest BCUT2D eigenvalue weighted by molar-refractivity contribution is 5.51. The van der Waals surface area contributed by atoms with Crippen LogP contribution in [0.25, 0.3) is 0 Å². The van der Waals surface area contributed by atoms with E-state index >= 15 is 0 Å². The third-order valence-corrected chi connectivity index (χ3v) is 2.27. The molecule has 2 heteroatoms. The molecule has 0 saturated heterocycles. The van der Waals surface area contributed by atoms with E-state index in [9.17, 15) is 0 Å². The number of nitrogens with one attached hydrogen (secondary N) is 1. The van der Waals surface area contributed by atoms with Crippen LogP contribution in [0.15, 0.2) is 24.3 Å². The normalized spacial score (nSPS) is 13.9. The molecule has 0 atom stereocenters. The molecule has 2 nitrogen and oxygen atoms in total. The SMILES string of the molecule is CC.CCC.CN1CCNc2ccccc2C1. The van der Waals surface area contributed by atoms with Gasteiger partial charge in [0.25, 0.3) is 0 Å². The van der Waals surface area contributed by atoms with Crippen molar-refractivity contribution in [3.05, 3.63) is 29.8 Å². The molecule has 0 fully saturated rings. The van der Waals surface area contributed by atoms with Crippen molar-refractivity contribution in [2.75, 3.05) is 25.5 Å². The van der Waals surface area contributed by atoms with Gasteiger partial charge in [0.1, 0.15) is 0 Å². The zero-order valence-corrected chi connectivity index (χ0v) is 12.1. The molecule has 0 radical (unpaired) electrons. The van der Waals surface area contributed by atoms with Crippen LogP contribution in [-0.4, -0.2) is 25.0 Å². The average molecular weight is 236 g/mol. The van der Waals surface area contributed by atoms with E-state index in [4.69, 9.17) is 0 Å². The largest absolute Gasteiger partial charge is 0.383 e. The predicted molar refractivity (Wildman–Crippen MR) is 78.6 cm³/mol. The second-order valence-corrected chi connectivity index (χ2v) is 4.03. The summed E-state index contributed by atoms with van der Waals surface area (Å²) in [6.45, 7) is 11.5. The Morgan fingerprint density at radius 2 is 1.76 bits per heavy atom. The quantitative estimate of drug-likeness (QED) is 0.733. The molecule has 0 spiro atoms. The minimum Gasteiger partial charge on any atom is -0.383 e. The third kappa shape index (κ3) is 6.32. The zero-order valence-electron chi connectivity index (χ0n) is 12.1. The van der Waals surface area contributed by atoms with E-state index in [0.717, 1.165) is 19.6 Å². The van der Waals surface area contributed by atoms with Gasteiger partial charge in [-0.1, -0.05) is 52.3 Å². The van der Waals surface area contributed by atoms with Gasteiger partial charge in [0.2, 0.25) is 0 Å². The summed E-state index contributed by atoms with van der Waals surface area (Å²) < 4.78 is 0. The number of para-hydroxylation sites is 1. The number of nitrogens with zero attached hydrogens (tertiary/aromatic N) is 1. The first kappa shape index (κ1) is 16.0. The van der Waals surface area contributed by atoms with E-state index in [2.05, 4.69) is 55.4 Å². The Morgan fingerprint density at radius 3 is 2.41 bits per heavy atom. The second-order valence-electron chi connectivity index (χ2n) is 4.03. The topological polar surface area (TPSA) is 15.3 Å². The standard InChI is InChI=1S/C10H14N2.C3H8.C2H6/c1-12-7-6-11-10-5-3-2-4-9(10)8-12;1-3-2;1-2/h2-5,11H,6-8H2,1H3;3H2,1-2H3;1-2H3. The first-order valence-electron chi connectivity index (χ1n) is 6.78. The molecule has 0 aliphatic carbocycles. The summed E-state index contributed by atoms with van der Waals surface area (Å²) in [5, 5.41) is 3.41. The van der Waals surface area contributed by atoms with Crippen molar-refractivity contribution >= 4 is 5.69 Å². The molecule has 0 unspecified atom stereocenters. The number of likely N-dealkylation sites (N-methyl/N-ethyl adjacent to an activating group) is 1. The lowest BCUT2D eigenvalue weighted by Crippen LogP contribution is -2.20. The van der Waals surface area contributed by atoms with Gasteiger partial charge in [-0.3, -0.25) is 0 Å². The van der Waals surface area contributed by atoms with Gasteiger partial charge in [-0.15, -0.1) is 0 Å². The van der Waals surface area contributed by atoms with Crippen molar-refractivity contribution in [1.29, 1.82) is 0 Å². The Morgan fingerprint density at radius 1 is 1.18 bits per heavy atom. The summed E-state index contributed by atoms with van der Waals surface area (Å²) >= 11 is 0. The Labute approximate surface area is 107 Å². The van der Waals surface area contributed by atoms with E-state index in [1.807, 2.05) is 13.8 Å². The van der Waals surface area contributed by atoms with Gasteiger partial charge < -0.3 is 10.2 Å². The molecular formula is C15H28N2. The maximum atomic E-state index is 3.41. The van der Waals surface area contributed by atoms with Crippen molar-refractivity contribution in [1.82, 2.24) is 4.90 Å². The number of rotatable bonds is 0. The minimum absolute atomic E-state index is 1.05. The number of fused-ring (bicyclic) bond motifs is 1. The van der Waals surface area contributed by atoms with Crippen molar-refractivity contribution in [2.45, 2.75) is 40.7 Å². The maximum Gasteiger partial charge on any atom is 0.0386 e. The number of hydrogen-bond acceptors (Lipinski definition) is 2. The van der Waals surface area contributed by atoms with Gasteiger partial charge >= 0.3 is 0 Å². The maximum absolute atomic E-state index is 3.41. The van der Waals surface area contributed by atoms with Crippen molar-refractivity contribution < 1.29 is 0 Å². The fraction of sp³-hybridized carbons (Fsp3) is 0.600. The molecule has 1 aromatic carbocycles. The van der Waals surface area contributed by atoms with Crippen LogP contribution in [0.4, 0.5) is 5.69 Å². The van der Waals surface area contributed by atoms with Crippen LogP contribution in [0.5, 0.6) is 0 Å². The fourth-order valence-corrected chi connectivity index (χ4v) is 1.58. The van der Waals surface area contributed by atoms with Gasteiger partial charge in [-0.05, 0) is 18.7 Å². The van der Waals surface area contributed by atoms with E-state index in [1.165, 1.54) is 17.7 Å². The van der Waals surface area contributed by atoms with E-state index in [-0.39, 0.29) is 0 Å². The Balaban J connectivity index is 0.000000450. The highest BCUT2D eigenvalue weighted by atomic mass is 15.1. The van der Waals surface area contributed by atoms with Crippen LogP contribution in [-0.2, 0) is 6.54 Å². The molecule has 0 saturated carbocycles. The molecule has 0 bridgehead atoms. The molecular weight excluding hydrogens is 208 g/mol. The molecule has 2 rings (SSSR count). The molecule has 0 aromatic heterocycles. The Kier molecular flexibility index (Phi) is 9.55. The van der Waals surface area contributed by atoms with Crippen LogP contribution in [0, 0.1) is 0 Å². The third-order valence-electron chi connectivity index (χ3n) is 2.27. The van der Waals surface area contributed by atoms with E-state index in [0.29, 0.717) is 0 Å². The lowest BCUT2D eigenvalue weighted by Gasteiger charge is -2.11. The summed E-state index contributed by atoms with van der Waals surface area (Å²) in [5.74, 6) is 0. The summed E-state index contributed by atoms with van der Waals surface area (Å²) in [7, 11) is 2.16. The highest BCUT2D eigenvalue weighted by Crippen LogP contribution is 2.18. The van der Waals surface area contributed by atoms with Crippen LogP contribution in [0.3, 0.4) is 0 Å². The summed E-state index contributed by atoms with van der Waals surface area (Å²) in [6.07, 6.45) is 1.25. The Bertz CT molecular complexity index is 284. The first-order valence-corrected chi connectivity index (χ1v) is 6.78. The molecule has 1 N–H and O–H groups in total. The monoisotopic (exact) mass is 236 g/mol. The summed E-state index contributed by atoms with van der Waals surface area (Å²) in [4.78, 5) is 2.33. The average Bonchev–Trinajstić information content (AvgIpc) is 2.53. The number of anilines is 1. The number of hydrogen-bond donors (Lipinski definition) is 1. The molecule has 1 aliphatic rings. The van der Waals surface area contributed by atoms with Gasteiger partial charge in [0, 0.05) is 25.3 Å². The van der Waals surface area contributed by atoms with Gasteiger partial charge in [-0.2, -0.15) is 0 Å². The lowest BCUT2D eigenvalue weighted by atomic mass is 10.2. The molecule has 17 heavy (non-hydrogen) atoms. The van der Waals surface area contributed by atoms with Gasteiger partial charge in [0.05, 0.1) is 0 Å². The summed E-state index contributed by atoms with van der Waals surface area (Å²) in [6, 6.07) is 8.51. The van der Waals surface area contributed by atoms with Crippen molar-refractivity contribution in [2.24, 2.45) is 0 Å². The molecule has 0 amide bonds. The van der Waals surface area contributed by atoms with Gasteiger partial charge in [-0.25, -0.2) is 0 Å². The Hall–Kier alpha value is -1.02. The van der Waals surface area contributed by atoms with Gasteiger partial charge in [0.15, 0.2) is 0 Å². The van der Waals surface area contributed by atoms with Crippen molar-refractivity contribution in [3.63, 3.8) is 0 Å². The van der Waals surface area contributed by atoms with Crippen LogP contribution >= 0.6 is 0 Å². The smallest absolute Gasteiger partial charge is 0.0386 e. The zero-order chi connectivity index (χ0) is 13.1. The van der Waals surface area contributed by atoms with Crippen LogP contribution < -0.4 is 5.32 Å². The number of benzene rings is 1. The molecule has 1 aromatic rings. The fourth-order valence-electron chi connectivity index (χ4n) is 1.58. The van der Waals surface area contributed by atoms with Crippen molar-refractivity contribution in [3.8, 4) is 0 Å². The van der Waals surface area contributed by atoms with E-state index in [1.54, 1.807) is 0 Å². The molecule has 98 valence electrons. The predicted octanol–water partition coefficient (Wildman–Crippen LogP) is 3.99. The second kappa shape index (κ2) is 10.2. The van der Waals surface area contributed by atoms with E-state index < -0.39 is 0 Å². The van der Waals surface area contributed by atoms with Crippen LogP contribution in [0.2, 0.25) is 0 Å². The molecule has 1 aliphatic heterocycles. The highest BCUT2D eigenvalue weighted by Gasteiger charge is 2.08. The lowest BCUT2D eigenvalue weighted by molar-refractivity contribution is 0.346. The molecule has 1 heterocycles. The first-order chi connectivity index (χ1) is 8.27. The minimum atomic E-state index is 1.05.